The van der Waals surface area contributed by atoms with Gasteiger partial charge in [-0.15, -0.1) is 0 Å². The smallest absolute Gasteiger partial charge is 0.144 e. The van der Waals surface area contributed by atoms with Crippen LogP contribution in [-0.4, -0.2) is 14.7 Å². The van der Waals surface area contributed by atoms with Gasteiger partial charge in [-0.05, 0) is 18.2 Å². The van der Waals surface area contributed by atoms with Crippen LogP contribution in [0.1, 0.15) is 0 Å². The monoisotopic (exact) mass is 224 g/mol. The van der Waals surface area contributed by atoms with E-state index in [0.29, 0.717) is 17.1 Å². The Morgan fingerprint density at radius 3 is 2.47 bits per heavy atom. The number of ether oxygens (including phenoxy) is 1. The molecular weight excluding hydrogens is 204 g/mol. The number of nitrogens with two attached hydrogens (primary N) is 2. The molecule has 0 aromatic heterocycles. The second-order valence-electron chi connectivity index (χ2n) is 4.96. The second kappa shape index (κ2) is 4.57. The van der Waals surface area contributed by atoms with E-state index in [2.05, 4.69) is 19.6 Å². The molecule has 0 bridgehead atoms. The van der Waals surface area contributed by atoms with Crippen LogP contribution in [0, 0.1) is 0 Å². The van der Waals surface area contributed by atoms with Crippen molar-refractivity contribution < 1.29 is 4.74 Å². The molecule has 0 aliphatic heterocycles. The second-order valence-corrected chi connectivity index (χ2v) is 10.6. The number of rotatable bonds is 4. The van der Waals surface area contributed by atoms with Crippen molar-refractivity contribution >= 4 is 19.4 Å². The quantitative estimate of drug-likeness (QED) is 0.610. The Balaban J connectivity index is 2.54. The van der Waals surface area contributed by atoms with E-state index >= 15 is 0 Å². The minimum atomic E-state index is -1.04. The molecule has 4 N–H and O–H groups in total. The van der Waals surface area contributed by atoms with Gasteiger partial charge in [-0.1, -0.05) is 19.6 Å². The summed E-state index contributed by atoms with van der Waals surface area (Å²) in [6.45, 7) is 7.68. The van der Waals surface area contributed by atoms with Crippen molar-refractivity contribution in [3.63, 3.8) is 0 Å². The average molecular weight is 224 g/mol. The van der Waals surface area contributed by atoms with Gasteiger partial charge in [0.2, 0.25) is 0 Å². The van der Waals surface area contributed by atoms with E-state index in [9.17, 15) is 0 Å². The molecule has 1 aromatic carbocycles. The molecule has 0 saturated carbocycles. The zero-order valence-electron chi connectivity index (χ0n) is 9.71. The molecule has 3 nitrogen and oxygen atoms in total. The standard InChI is InChI=1S/C11H20N2OSi/c1-15(2,3)7-6-14-11-8-9(12)4-5-10(11)13/h4-5,8H,6-7,12-13H2,1-3H3. The van der Waals surface area contributed by atoms with Crippen molar-refractivity contribution in [3.05, 3.63) is 18.2 Å². The molecule has 0 radical (unpaired) electrons. The van der Waals surface area contributed by atoms with Gasteiger partial charge in [-0.25, -0.2) is 0 Å². The summed E-state index contributed by atoms with van der Waals surface area (Å²) in [5.41, 5.74) is 12.8. The minimum Gasteiger partial charge on any atom is -0.492 e. The lowest BCUT2D eigenvalue weighted by Crippen LogP contribution is -2.22. The SMILES string of the molecule is C[Si](C)(C)CCOc1cc(N)ccc1N. The number of nitrogen functional groups attached to an aromatic ring is 2. The molecular formula is C11H20N2OSi. The summed E-state index contributed by atoms with van der Waals surface area (Å²) in [7, 11) is -1.04. The predicted octanol–water partition coefficient (Wildman–Crippen LogP) is 2.57. The molecule has 0 unspecified atom stereocenters. The van der Waals surface area contributed by atoms with E-state index in [1.54, 1.807) is 18.2 Å². The highest BCUT2D eigenvalue weighted by molar-refractivity contribution is 6.76. The molecule has 1 rings (SSSR count). The van der Waals surface area contributed by atoms with Gasteiger partial charge in [0.25, 0.3) is 0 Å². The highest BCUT2D eigenvalue weighted by Gasteiger charge is 2.13. The van der Waals surface area contributed by atoms with E-state index in [1.165, 1.54) is 0 Å². The van der Waals surface area contributed by atoms with Crippen LogP contribution in [0.15, 0.2) is 18.2 Å². The molecule has 0 aliphatic rings. The summed E-state index contributed by atoms with van der Waals surface area (Å²) in [5.74, 6) is 0.702. The molecule has 0 fully saturated rings. The molecule has 0 saturated heterocycles. The Bertz CT molecular complexity index is 334. The van der Waals surface area contributed by atoms with Crippen LogP contribution in [0.3, 0.4) is 0 Å². The van der Waals surface area contributed by atoms with E-state index in [1.807, 2.05) is 0 Å². The average Bonchev–Trinajstić information content (AvgIpc) is 2.09. The molecule has 0 aliphatic carbocycles. The predicted molar refractivity (Wildman–Crippen MR) is 68.9 cm³/mol. The highest BCUT2D eigenvalue weighted by atomic mass is 28.3. The van der Waals surface area contributed by atoms with E-state index in [4.69, 9.17) is 16.2 Å². The highest BCUT2D eigenvalue weighted by Crippen LogP contribution is 2.24. The molecule has 0 atom stereocenters. The van der Waals surface area contributed by atoms with Crippen LogP contribution in [0.5, 0.6) is 5.75 Å². The molecule has 15 heavy (non-hydrogen) atoms. The third-order valence-corrected chi connectivity index (χ3v) is 3.85. The third kappa shape index (κ3) is 4.25. The summed E-state index contributed by atoms with van der Waals surface area (Å²) in [4.78, 5) is 0. The fraction of sp³-hybridized carbons (Fsp3) is 0.455. The Hall–Kier alpha value is -1.16. The lowest BCUT2D eigenvalue weighted by atomic mass is 10.2. The number of hydrogen-bond donors (Lipinski definition) is 2. The number of hydrogen-bond acceptors (Lipinski definition) is 3. The molecule has 84 valence electrons. The van der Waals surface area contributed by atoms with Crippen molar-refractivity contribution in [2.24, 2.45) is 0 Å². The van der Waals surface area contributed by atoms with Crippen LogP contribution in [0.2, 0.25) is 25.7 Å². The maximum absolute atomic E-state index is 5.77. The zero-order chi connectivity index (χ0) is 11.5. The number of anilines is 2. The maximum atomic E-state index is 5.77. The van der Waals surface area contributed by atoms with Crippen LogP contribution >= 0.6 is 0 Å². The fourth-order valence-corrected chi connectivity index (χ4v) is 1.86. The lowest BCUT2D eigenvalue weighted by Gasteiger charge is -2.16. The van der Waals surface area contributed by atoms with Crippen molar-refractivity contribution in [2.45, 2.75) is 25.7 Å². The summed E-state index contributed by atoms with van der Waals surface area (Å²) in [6, 6.07) is 6.46. The Morgan fingerprint density at radius 2 is 1.87 bits per heavy atom. The van der Waals surface area contributed by atoms with Crippen molar-refractivity contribution in [3.8, 4) is 5.75 Å². The number of benzene rings is 1. The van der Waals surface area contributed by atoms with Crippen molar-refractivity contribution in [2.75, 3.05) is 18.1 Å². The Labute approximate surface area is 92.4 Å². The van der Waals surface area contributed by atoms with Crippen molar-refractivity contribution in [1.29, 1.82) is 0 Å². The van der Waals surface area contributed by atoms with Gasteiger partial charge in [-0.2, -0.15) is 0 Å². The van der Waals surface area contributed by atoms with Gasteiger partial charge in [0, 0.05) is 19.8 Å². The van der Waals surface area contributed by atoms with Gasteiger partial charge in [-0.3, -0.25) is 0 Å². The van der Waals surface area contributed by atoms with Gasteiger partial charge in [0.05, 0.1) is 12.3 Å². The summed E-state index contributed by atoms with van der Waals surface area (Å²) in [5, 5.41) is 0. The largest absolute Gasteiger partial charge is 0.492 e. The van der Waals surface area contributed by atoms with Crippen molar-refractivity contribution in [1.82, 2.24) is 0 Å². The minimum absolute atomic E-state index is 0.653. The Morgan fingerprint density at radius 1 is 1.20 bits per heavy atom. The van der Waals surface area contributed by atoms with Crippen LogP contribution < -0.4 is 16.2 Å². The lowest BCUT2D eigenvalue weighted by molar-refractivity contribution is 0.340. The zero-order valence-corrected chi connectivity index (χ0v) is 10.7. The normalized spacial score (nSPS) is 11.4. The van der Waals surface area contributed by atoms with E-state index in [0.717, 1.165) is 12.7 Å². The maximum Gasteiger partial charge on any atom is 0.144 e. The van der Waals surface area contributed by atoms with E-state index in [-0.39, 0.29) is 0 Å². The topological polar surface area (TPSA) is 61.3 Å². The van der Waals surface area contributed by atoms with Gasteiger partial charge >= 0.3 is 0 Å². The molecule has 0 spiro atoms. The van der Waals surface area contributed by atoms with Gasteiger partial charge < -0.3 is 16.2 Å². The van der Waals surface area contributed by atoms with Crippen LogP contribution in [0.25, 0.3) is 0 Å². The summed E-state index contributed by atoms with van der Waals surface area (Å²) >= 11 is 0. The van der Waals surface area contributed by atoms with Gasteiger partial charge in [0.15, 0.2) is 0 Å². The fourth-order valence-electron chi connectivity index (χ4n) is 1.14. The first-order valence-electron chi connectivity index (χ1n) is 5.16. The van der Waals surface area contributed by atoms with Crippen LogP contribution in [0.4, 0.5) is 11.4 Å². The third-order valence-electron chi connectivity index (χ3n) is 2.15. The summed E-state index contributed by atoms with van der Waals surface area (Å²) in [6.07, 6.45) is 0. The molecule has 1 aromatic rings. The first-order valence-corrected chi connectivity index (χ1v) is 8.87. The molecule has 0 heterocycles. The first-order chi connectivity index (χ1) is 6.88. The van der Waals surface area contributed by atoms with Gasteiger partial charge in [0.1, 0.15) is 5.75 Å². The first kappa shape index (κ1) is 11.9. The Kier molecular flexibility index (Phi) is 3.63. The van der Waals surface area contributed by atoms with Crippen LogP contribution in [-0.2, 0) is 0 Å². The molecule has 4 heteroatoms. The summed E-state index contributed by atoms with van der Waals surface area (Å²) < 4.78 is 5.62. The molecule has 0 amide bonds. The van der Waals surface area contributed by atoms with E-state index < -0.39 is 8.07 Å².